The summed E-state index contributed by atoms with van der Waals surface area (Å²) in [6.07, 6.45) is 0. The molecular formula is C21H17BrN2O3. The third kappa shape index (κ3) is 4.41. The maximum Gasteiger partial charge on any atom is 0.358 e. The number of benzene rings is 2. The number of halogens is 1. The van der Waals surface area contributed by atoms with E-state index in [1.165, 1.54) is 7.11 Å². The zero-order valence-corrected chi connectivity index (χ0v) is 16.1. The summed E-state index contributed by atoms with van der Waals surface area (Å²) in [5.41, 5.74) is 2.05. The molecule has 0 spiro atoms. The number of nitrogens with zero attached hydrogens (tertiary/aromatic N) is 1. The van der Waals surface area contributed by atoms with E-state index in [4.69, 9.17) is 4.74 Å². The van der Waals surface area contributed by atoms with Crippen molar-refractivity contribution < 1.29 is 14.3 Å². The van der Waals surface area contributed by atoms with Crippen molar-refractivity contribution in [3.8, 4) is 0 Å². The van der Waals surface area contributed by atoms with Crippen molar-refractivity contribution in [2.24, 2.45) is 0 Å². The lowest BCUT2D eigenvalue weighted by molar-refractivity contribution is -0.116. The fourth-order valence-corrected chi connectivity index (χ4v) is 3.09. The molecule has 3 aromatic rings. The molecule has 2 aromatic carbocycles. The van der Waals surface area contributed by atoms with Crippen LogP contribution in [0.2, 0.25) is 0 Å². The first-order chi connectivity index (χ1) is 13.1. The summed E-state index contributed by atoms with van der Waals surface area (Å²) in [4.78, 5) is 29.3. The van der Waals surface area contributed by atoms with Crippen molar-refractivity contribution in [1.82, 2.24) is 4.98 Å². The van der Waals surface area contributed by atoms with E-state index in [0.717, 1.165) is 11.1 Å². The van der Waals surface area contributed by atoms with E-state index in [0.29, 0.717) is 10.3 Å². The zero-order valence-electron chi connectivity index (χ0n) is 14.6. The van der Waals surface area contributed by atoms with Gasteiger partial charge in [-0.3, -0.25) is 4.79 Å². The SMILES string of the molecule is COC(=O)c1nc(Br)ccc1NC(=O)C(c1ccccc1)c1ccccc1. The number of rotatable bonds is 5. The number of pyridine rings is 1. The van der Waals surface area contributed by atoms with E-state index < -0.39 is 11.9 Å². The van der Waals surface area contributed by atoms with Gasteiger partial charge in [-0.1, -0.05) is 60.7 Å². The van der Waals surface area contributed by atoms with Crippen LogP contribution >= 0.6 is 15.9 Å². The van der Waals surface area contributed by atoms with Gasteiger partial charge < -0.3 is 10.1 Å². The molecule has 1 heterocycles. The van der Waals surface area contributed by atoms with Gasteiger partial charge in [0.2, 0.25) is 5.91 Å². The Balaban J connectivity index is 1.98. The fourth-order valence-electron chi connectivity index (χ4n) is 2.78. The molecule has 6 heteroatoms. The summed E-state index contributed by atoms with van der Waals surface area (Å²) >= 11 is 3.23. The molecular weight excluding hydrogens is 408 g/mol. The Morgan fingerprint density at radius 1 is 0.926 bits per heavy atom. The molecule has 1 N–H and O–H groups in total. The molecule has 0 bridgehead atoms. The van der Waals surface area contributed by atoms with Crippen molar-refractivity contribution in [1.29, 1.82) is 0 Å². The number of esters is 1. The highest BCUT2D eigenvalue weighted by molar-refractivity contribution is 9.10. The summed E-state index contributed by atoms with van der Waals surface area (Å²) in [6, 6.07) is 22.2. The molecule has 0 radical (unpaired) electrons. The standard InChI is InChI=1S/C21H17BrN2O3/c1-27-21(26)19-16(12-13-17(22)24-19)23-20(25)18(14-8-4-2-5-9-14)15-10-6-3-7-11-15/h2-13,18H,1H3,(H,23,25). The number of hydrogen-bond acceptors (Lipinski definition) is 4. The molecule has 0 fully saturated rings. The van der Waals surface area contributed by atoms with E-state index in [1.807, 2.05) is 60.7 Å². The number of amides is 1. The number of ether oxygens (including phenoxy) is 1. The Morgan fingerprint density at radius 2 is 1.48 bits per heavy atom. The van der Waals surface area contributed by atoms with E-state index in [2.05, 4.69) is 26.2 Å². The normalized spacial score (nSPS) is 10.5. The summed E-state index contributed by atoms with van der Waals surface area (Å²) in [5.74, 6) is -1.41. The molecule has 0 saturated carbocycles. The second-order valence-corrected chi connectivity index (χ2v) is 6.58. The molecule has 5 nitrogen and oxygen atoms in total. The molecule has 0 aliphatic carbocycles. The minimum Gasteiger partial charge on any atom is -0.464 e. The van der Waals surface area contributed by atoms with E-state index in [1.54, 1.807) is 12.1 Å². The van der Waals surface area contributed by atoms with Crippen molar-refractivity contribution in [2.45, 2.75) is 5.92 Å². The van der Waals surface area contributed by atoms with Gasteiger partial charge in [0.05, 0.1) is 18.7 Å². The van der Waals surface area contributed by atoms with Gasteiger partial charge in [0.25, 0.3) is 0 Å². The third-order valence-corrected chi connectivity index (χ3v) is 4.47. The van der Waals surface area contributed by atoms with Crippen LogP contribution in [-0.2, 0) is 9.53 Å². The number of carbonyl (C=O) groups excluding carboxylic acids is 2. The topological polar surface area (TPSA) is 68.3 Å². The Hall–Kier alpha value is -2.99. The number of hydrogen-bond donors (Lipinski definition) is 1. The number of nitrogens with one attached hydrogen (secondary N) is 1. The van der Waals surface area contributed by atoms with Crippen LogP contribution < -0.4 is 5.32 Å². The largest absolute Gasteiger partial charge is 0.464 e. The fraction of sp³-hybridized carbons (Fsp3) is 0.0952. The first-order valence-electron chi connectivity index (χ1n) is 8.25. The van der Waals surface area contributed by atoms with Gasteiger partial charge in [0.1, 0.15) is 4.60 Å². The number of anilines is 1. The molecule has 0 aliphatic heterocycles. The van der Waals surface area contributed by atoms with Crippen LogP contribution in [0.15, 0.2) is 77.4 Å². The summed E-state index contributed by atoms with van der Waals surface area (Å²) in [7, 11) is 1.27. The highest BCUT2D eigenvalue weighted by atomic mass is 79.9. The van der Waals surface area contributed by atoms with E-state index in [9.17, 15) is 9.59 Å². The molecule has 1 amide bonds. The zero-order chi connectivity index (χ0) is 19.2. The number of methoxy groups -OCH3 is 1. The Labute approximate surface area is 165 Å². The van der Waals surface area contributed by atoms with Gasteiger partial charge in [-0.25, -0.2) is 9.78 Å². The lowest BCUT2D eigenvalue weighted by atomic mass is 9.90. The Kier molecular flexibility index (Phi) is 5.98. The summed E-state index contributed by atoms with van der Waals surface area (Å²) in [6.45, 7) is 0. The van der Waals surface area contributed by atoms with Gasteiger partial charge in [-0.05, 0) is 39.2 Å². The third-order valence-electron chi connectivity index (χ3n) is 4.03. The Morgan fingerprint density at radius 3 is 2.00 bits per heavy atom. The summed E-state index contributed by atoms with van der Waals surface area (Å²) < 4.78 is 5.25. The predicted octanol–water partition coefficient (Wildman–Crippen LogP) is 4.40. The molecule has 136 valence electrons. The molecule has 3 rings (SSSR count). The molecule has 27 heavy (non-hydrogen) atoms. The minimum absolute atomic E-state index is 0.0418. The quantitative estimate of drug-likeness (QED) is 0.486. The molecule has 1 aromatic heterocycles. The van der Waals surface area contributed by atoms with E-state index >= 15 is 0 Å². The van der Waals surface area contributed by atoms with Gasteiger partial charge in [0.15, 0.2) is 5.69 Å². The first-order valence-corrected chi connectivity index (χ1v) is 9.05. The maximum atomic E-state index is 13.2. The Bertz CT molecular complexity index is 907. The van der Waals surface area contributed by atoms with Crippen LogP contribution in [0.5, 0.6) is 0 Å². The van der Waals surface area contributed by atoms with Crippen molar-refractivity contribution >= 4 is 33.5 Å². The number of carbonyl (C=O) groups is 2. The highest BCUT2D eigenvalue weighted by Crippen LogP contribution is 2.27. The van der Waals surface area contributed by atoms with Gasteiger partial charge >= 0.3 is 5.97 Å². The monoisotopic (exact) mass is 424 g/mol. The second kappa shape index (κ2) is 8.60. The lowest BCUT2D eigenvalue weighted by Gasteiger charge is -2.18. The average Bonchev–Trinajstić information content (AvgIpc) is 2.70. The van der Waals surface area contributed by atoms with Crippen LogP contribution in [0.4, 0.5) is 5.69 Å². The van der Waals surface area contributed by atoms with E-state index in [-0.39, 0.29) is 11.6 Å². The number of aromatic nitrogens is 1. The van der Waals surface area contributed by atoms with Gasteiger partial charge in [-0.2, -0.15) is 0 Å². The van der Waals surface area contributed by atoms with Crippen LogP contribution in [0.3, 0.4) is 0 Å². The van der Waals surface area contributed by atoms with Crippen molar-refractivity contribution in [2.75, 3.05) is 12.4 Å². The highest BCUT2D eigenvalue weighted by Gasteiger charge is 2.25. The predicted molar refractivity (Wildman–Crippen MR) is 107 cm³/mol. The smallest absolute Gasteiger partial charge is 0.358 e. The average molecular weight is 425 g/mol. The van der Waals surface area contributed by atoms with Crippen LogP contribution in [0, 0.1) is 0 Å². The molecule has 0 saturated heterocycles. The minimum atomic E-state index is -0.623. The summed E-state index contributed by atoms with van der Waals surface area (Å²) in [5, 5.41) is 2.83. The molecule has 0 atom stereocenters. The lowest BCUT2D eigenvalue weighted by Crippen LogP contribution is -2.24. The second-order valence-electron chi connectivity index (χ2n) is 5.77. The van der Waals surface area contributed by atoms with Crippen LogP contribution in [0.1, 0.15) is 27.5 Å². The first kappa shape index (κ1) is 18.8. The maximum absolute atomic E-state index is 13.2. The van der Waals surface area contributed by atoms with Gasteiger partial charge in [-0.15, -0.1) is 0 Å². The van der Waals surface area contributed by atoms with Crippen LogP contribution in [0.25, 0.3) is 0 Å². The molecule has 0 unspecified atom stereocenters. The van der Waals surface area contributed by atoms with Crippen LogP contribution in [-0.4, -0.2) is 24.0 Å². The molecule has 0 aliphatic rings. The van der Waals surface area contributed by atoms with Gasteiger partial charge in [0, 0.05) is 0 Å². The van der Waals surface area contributed by atoms with Crippen molar-refractivity contribution in [3.63, 3.8) is 0 Å². The van der Waals surface area contributed by atoms with Crippen molar-refractivity contribution in [3.05, 3.63) is 94.2 Å².